The van der Waals surface area contributed by atoms with Crippen molar-refractivity contribution in [1.29, 1.82) is 0 Å². The minimum absolute atomic E-state index is 0.185. The summed E-state index contributed by atoms with van der Waals surface area (Å²) in [6, 6.07) is -2.83. The molecule has 14 unspecified atom stereocenters. The zero-order chi connectivity index (χ0) is 57.7. The molecule has 20 nitrogen and oxygen atoms in total. The van der Waals surface area contributed by atoms with Crippen molar-refractivity contribution in [3.05, 3.63) is 24.3 Å². The van der Waals surface area contributed by atoms with Gasteiger partial charge < -0.3 is 85.8 Å². The van der Waals surface area contributed by atoms with Gasteiger partial charge in [0.05, 0.1) is 44.1 Å². The number of amides is 2. The highest BCUT2D eigenvalue weighted by Crippen LogP contribution is 2.35. The lowest BCUT2D eigenvalue weighted by molar-refractivity contribution is -0.339. The van der Waals surface area contributed by atoms with Crippen molar-refractivity contribution in [3.63, 3.8) is 0 Å². The summed E-state index contributed by atoms with van der Waals surface area (Å²) < 4.78 is 22.8. The SMILES string of the molecule is CCCCCCCCC=CCCCCCCCCCCCCC(O)C(=O)NC(COC1OC(COC2(C(=O)O)CC(O)C(NC(=O)CO)C(C(O)C(O)CO)O2)C(O)C(O)C1O)C(O)C=CCCCCCCCCCC(C)C. The van der Waals surface area contributed by atoms with Crippen LogP contribution in [0, 0.1) is 5.92 Å². The number of nitrogens with one attached hydrogen (secondary N) is 2. The van der Waals surface area contributed by atoms with Gasteiger partial charge in [-0.3, -0.25) is 9.59 Å². The molecule has 456 valence electrons. The number of carboxylic acid groups (broad SMARTS) is 1. The fourth-order valence-corrected chi connectivity index (χ4v) is 9.88. The van der Waals surface area contributed by atoms with Crippen LogP contribution in [0.2, 0.25) is 0 Å². The lowest BCUT2D eigenvalue weighted by Gasteiger charge is -2.47. The summed E-state index contributed by atoms with van der Waals surface area (Å²) in [6.07, 6.45) is 18.0. The number of ether oxygens (including phenoxy) is 4. The summed E-state index contributed by atoms with van der Waals surface area (Å²) in [5.74, 6) is -5.85. The molecule has 2 amide bonds. The van der Waals surface area contributed by atoms with E-state index < -0.39 is 136 Å². The van der Waals surface area contributed by atoms with Crippen LogP contribution in [0.4, 0.5) is 0 Å². The van der Waals surface area contributed by atoms with Crippen molar-refractivity contribution in [2.75, 3.05) is 26.4 Å². The van der Waals surface area contributed by atoms with Gasteiger partial charge in [-0.15, -0.1) is 0 Å². The van der Waals surface area contributed by atoms with E-state index in [0.29, 0.717) is 18.8 Å². The van der Waals surface area contributed by atoms with Gasteiger partial charge in [0, 0.05) is 6.42 Å². The molecule has 0 bridgehead atoms. The van der Waals surface area contributed by atoms with Gasteiger partial charge in [0.15, 0.2) is 6.29 Å². The maximum atomic E-state index is 13.4. The number of hydrogen-bond acceptors (Lipinski definition) is 17. The zero-order valence-corrected chi connectivity index (χ0v) is 47.5. The first-order valence-electron chi connectivity index (χ1n) is 29.8. The second-order valence-corrected chi connectivity index (χ2v) is 22.2. The Bertz CT molecular complexity index is 1630. The summed E-state index contributed by atoms with van der Waals surface area (Å²) in [5.41, 5.74) is 0. The molecule has 0 radical (unpaired) electrons. The Balaban J connectivity index is 2.00. The number of unbranched alkanes of at least 4 members (excludes halogenated alkanes) is 23. The van der Waals surface area contributed by atoms with Crippen LogP contribution in [-0.4, -0.2) is 186 Å². The van der Waals surface area contributed by atoms with Crippen LogP contribution in [0.5, 0.6) is 0 Å². The van der Waals surface area contributed by atoms with Crippen molar-refractivity contribution in [3.8, 4) is 0 Å². The lowest BCUT2D eigenvalue weighted by atomic mass is 9.88. The highest BCUT2D eigenvalue weighted by molar-refractivity contribution is 5.81. The highest BCUT2D eigenvalue weighted by Gasteiger charge is 2.57. The summed E-state index contributed by atoms with van der Waals surface area (Å²) in [6.45, 7) is 3.12. The Kier molecular flexibility index (Phi) is 38.6. The molecule has 0 aromatic heterocycles. The van der Waals surface area contributed by atoms with E-state index in [1.165, 1.54) is 109 Å². The maximum absolute atomic E-state index is 13.4. The minimum Gasteiger partial charge on any atom is -0.477 e. The van der Waals surface area contributed by atoms with Crippen LogP contribution < -0.4 is 10.6 Å². The van der Waals surface area contributed by atoms with E-state index in [9.17, 15) is 70.6 Å². The van der Waals surface area contributed by atoms with Gasteiger partial charge in [-0.2, -0.15) is 0 Å². The number of hydrogen-bond donors (Lipinski definition) is 13. The molecule has 2 rings (SSSR count). The van der Waals surface area contributed by atoms with E-state index in [4.69, 9.17) is 18.9 Å². The summed E-state index contributed by atoms with van der Waals surface area (Å²) >= 11 is 0. The van der Waals surface area contributed by atoms with Crippen molar-refractivity contribution in [2.24, 2.45) is 5.92 Å². The largest absolute Gasteiger partial charge is 0.477 e. The fraction of sp³-hybridized carbons (Fsp3) is 0.879. The molecule has 14 atom stereocenters. The quantitative estimate of drug-likeness (QED) is 0.0286. The molecule has 78 heavy (non-hydrogen) atoms. The third kappa shape index (κ3) is 28.3. The molecular weight excluding hydrogens is 1010 g/mol. The van der Waals surface area contributed by atoms with Gasteiger partial charge in [-0.05, 0) is 50.9 Å². The zero-order valence-electron chi connectivity index (χ0n) is 47.5. The van der Waals surface area contributed by atoms with Crippen LogP contribution in [-0.2, 0) is 33.3 Å². The van der Waals surface area contributed by atoms with Crippen molar-refractivity contribution in [1.82, 2.24) is 10.6 Å². The summed E-state index contributed by atoms with van der Waals surface area (Å²) in [5, 5.41) is 121. The Hall–Kier alpha value is -2.67. The summed E-state index contributed by atoms with van der Waals surface area (Å²) in [7, 11) is 0. The average Bonchev–Trinajstić information content (AvgIpc) is 3.49. The average molecular weight is 1120 g/mol. The second-order valence-electron chi connectivity index (χ2n) is 22.2. The number of aliphatic hydroxyl groups is 10. The third-order valence-electron chi connectivity index (χ3n) is 14.9. The second kappa shape index (κ2) is 42.2. The Morgan fingerprint density at radius 2 is 1.19 bits per heavy atom. The van der Waals surface area contributed by atoms with Crippen LogP contribution in [0.3, 0.4) is 0 Å². The van der Waals surface area contributed by atoms with Crippen LogP contribution in [0.1, 0.15) is 207 Å². The normalized spacial score (nSPS) is 25.8. The number of allylic oxidation sites excluding steroid dienone is 3. The molecule has 2 saturated heterocycles. The standard InChI is InChI=1S/C58H106N2O18/c1-4-5-6-7-8-9-10-11-12-13-14-15-16-17-18-19-22-26-29-32-35-44(64)55(72)59-42(43(63)34-31-28-25-23-20-21-24-27-30-33-41(2)3)39-75-56-53(71)52(70)51(69)47(77-56)40-76-58(57(73)74)36-45(65)49(60-48(67)38-62)54(78-58)50(68)46(66)37-61/h11-12,31,34,41-47,49-54,56,61-66,68-71H,4-10,13-30,32-33,35-40H2,1-3H3,(H,59,72)(H,60,67)(H,73,74). The van der Waals surface area contributed by atoms with Crippen molar-refractivity contribution < 1.29 is 89.5 Å². The molecule has 0 saturated carbocycles. The van der Waals surface area contributed by atoms with Crippen molar-refractivity contribution >= 4 is 17.8 Å². The predicted molar refractivity (Wildman–Crippen MR) is 295 cm³/mol. The highest BCUT2D eigenvalue weighted by atomic mass is 16.7. The van der Waals surface area contributed by atoms with Crippen LogP contribution in [0.15, 0.2) is 24.3 Å². The third-order valence-corrected chi connectivity index (χ3v) is 14.9. The number of aliphatic carboxylic acids is 1. The summed E-state index contributed by atoms with van der Waals surface area (Å²) in [4.78, 5) is 38.2. The molecule has 2 aliphatic heterocycles. The van der Waals surface area contributed by atoms with E-state index in [2.05, 4.69) is 43.6 Å². The Morgan fingerprint density at radius 3 is 1.71 bits per heavy atom. The molecule has 2 aliphatic rings. The molecule has 2 heterocycles. The number of carbonyl (C=O) groups excluding carboxylic acids is 2. The van der Waals surface area contributed by atoms with Gasteiger partial charge in [0.1, 0.15) is 55.4 Å². The molecule has 0 aromatic carbocycles. The number of rotatable bonds is 46. The van der Waals surface area contributed by atoms with Gasteiger partial charge in [-0.1, -0.05) is 180 Å². The molecule has 0 aromatic rings. The number of aliphatic hydroxyl groups excluding tert-OH is 10. The van der Waals surface area contributed by atoms with Gasteiger partial charge in [0.25, 0.3) is 5.79 Å². The number of carbonyl (C=O) groups is 3. The minimum atomic E-state index is -2.87. The maximum Gasteiger partial charge on any atom is 0.364 e. The van der Waals surface area contributed by atoms with Gasteiger partial charge >= 0.3 is 5.97 Å². The van der Waals surface area contributed by atoms with E-state index >= 15 is 0 Å². The molecule has 20 heteroatoms. The van der Waals surface area contributed by atoms with Crippen molar-refractivity contribution in [2.45, 2.75) is 292 Å². The van der Waals surface area contributed by atoms with E-state index in [1.54, 1.807) is 6.08 Å². The first-order chi connectivity index (χ1) is 37.4. The molecular formula is C58H106N2O18. The fourth-order valence-electron chi connectivity index (χ4n) is 9.88. The van der Waals surface area contributed by atoms with Gasteiger partial charge in [-0.25, -0.2) is 4.79 Å². The van der Waals surface area contributed by atoms with E-state index in [0.717, 1.165) is 57.8 Å². The predicted octanol–water partition coefficient (Wildman–Crippen LogP) is 4.87. The topological polar surface area (TPSA) is 335 Å². The first kappa shape index (κ1) is 71.4. The lowest BCUT2D eigenvalue weighted by Crippen LogP contribution is -2.68. The number of carboxylic acids is 1. The molecule has 0 aliphatic carbocycles. The van der Waals surface area contributed by atoms with Gasteiger partial charge in [0.2, 0.25) is 11.8 Å². The Morgan fingerprint density at radius 1 is 0.679 bits per heavy atom. The van der Waals surface area contributed by atoms with E-state index in [-0.39, 0.29) is 6.42 Å². The monoisotopic (exact) mass is 1120 g/mol. The van der Waals surface area contributed by atoms with Crippen LogP contribution >= 0.6 is 0 Å². The van der Waals surface area contributed by atoms with Crippen LogP contribution in [0.25, 0.3) is 0 Å². The first-order valence-corrected chi connectivity index (χ1v) is 29.8. The Labute approximate surface area is 465 Å². The molecule has 13 N–H and O–H groups in total. The molecule has 0 spiro atoms. The van der Waals surface area contributed by atoms with E-state index in [1.807, 2.05) is 0 Å². The smallest absolute Gasteiger partial charge is 0.364 e. The molecule has 2 fully saturated rings.